The molecule has 1 aliphatic heterocycles. The molecule has 5 nitrogen and oxygen atoms in total. The topological polar surface area (TPSA) is 64.0 Å². The quantitative estimate of drug-likeness (QED) is 0.867. The van der Waals surface area contributed by atoms with Crippen LogP contribution >= 0.6 is 0 Å². The van der Waals surface area contributed by atoms with Crippen molar-refractivity contribution in [1.29, 1.82) is 0 Å². The molecular formula is C15H27N3O2S. The summed E-state index contributed by atoms with van der Waals surface area (Å²) in [6.45, 7) is 10.1. The smallest absolute Gasteiger partial charge is 0.152 e. The van der Waals surface area contributed by atoms with E-state index in [1.54, 1.807) is 0 Å². The molecule has 1 N–H and O–H groups in total. The molecule has 21 heavy (non-hydrogen) atoms. The fraction of sp³-hybridized carbons (Fsp3) is 0.800. The number of nitrogens with zero attached hydrogens (tertiary/aromatic N) is 2. The Hall–Kier alpha value is -0.880. The zero-order valence-corrected chi connectivity index (χ0v) is 14.4. The van der Waals surface area contributed by atoms with Crippen LogP contribution < -0.4 is 5.32 Å². The Morgan fingerprint density at radius 3 is 2.48 bits per heavy atom. The molecular weight excluding hydrogens is 286 g/mol. The third kappa shape index (κ3) is 3.16. The average molecular weight is 313 g/mol. The standard InChI is InChI=1S/C15H27N3O2S/c1-5-13-12(10-16-7-3)14(6-2)18(17-13)15(4)8-9-21(19,20)11-15/h16H,5-11H2,1-4H3. The molecule has 0 spiro atoms. The van der Waals surface area contributed by atoms with Gasteiger partial charge in [0.2, 0.25) is 0 Å². The normalized spacial score (nSPS) is 24.6. The summed E-state index contributed by atoms with van der Waals surface area (Å²) >= 11 is 0. The zero-order chi connectivity index (χ0) is 15.7. The number of sulfone groups is 1. The molecule has 2 heterocycles. The first-order valence-corrected chi connectivity index (χ1v) is 9.70. The van der Waals surface area contributed by atoms with E-state index in [9.17, 15) is 8.42 Å². The van der Waals surface area contributed by atoms with Gasteiger partial charge in [-0.1, -0.05) is 20.8 Å². The van der Waals surface area contributed by atoms with Gasteiger partial charge in [-0.25, -0.2) is 8.42 Å². The van der Waals surface area contributed by atoms with Gasteiger partial charge in [-0.05, 0) is 32.7 Å². The van der Waals surface area contributed by atoms with Crippen LogP contribution in [0.2, 0.25) is 0 Å². The van der Waals surface area contributed by atoms with Crippen LogP contribution in [0.15, 0.2) is 0 Å². The van der Waals surface area contributed by atoms with Crippen molar-refractivity contribution < 1.29 is 8.42 Å². The lowest BCUT2D eigenvalue weighted by Crippen LogP contribution is -2.34. The number of nitrogens with one attached hydrogen (secondary N) is 1. The van der Waals surface area contributed by atoms with Gasteiger partial charge in [-0.3, -0.25) is 4.68 Å². The predicted molar refractivity (Wildman–Crippen MR) is 85.3 cm³/mol. The fourth-order valence-electron chi connectivity index (χ4n) is 3.24. The van der Waals surface area contributed by atoms with E-state index in [1.807, 2.05) is 11.6 Å². The van der Waals surface area contributed by atoms with Crippen LogP contribution in [0.5, 0.6) is 0 Å². The molecule has 0 bridgehead atoms. The van der Waals surface area contributed by atoms with Crippen molar-refractivity contribution in [2.45, 2.75) is 59.0 Å². The minimum absolute atomic E-state index is 0.207. The molecule has 6 heteroatoms. The molecule has 1 fully saturated rings. The van der Waals surface area contributed by atoms with E-state index in [-0.39, 0.29) is 11.5 Å². The van der Waals surface area contributed by atoms with Gasteiger partial charge in [-0.2, -0.15) is 5.10 Å². The van der Waals surface area contributed by atoms with Gasteiger partial charge in [0.1, 0.15) is 0 Å². The van der Waals surface area contributed by atoms with Crippen LogP contribution in [0, 0.1) is 0 Å². The van der Waals surface area contributed by atoms with Crippen LogP contribution in [0.4, 0.5) is 0 Å². The second-order valence-corrected chi connectivity index (χ2v) is 8.29. The lowest BCUT2D eigenvalue weighted by atomic mass is 10.0. The molecule has 0 aromatic carbocycles. The molecule has 1 saturated heterocycles. The molecule has 2 rings (SSSR count). The molecule has 0 saturated carbocycles. The average Bonchev–Trinajstić information content (AvgIpc) is 2.94. The highest BCUT2D eigenvalue weighted by Crippen LogP contribution is 2.33. The Morgan fingerprint density at radius 2 is 2.00 bits per heavy atom. The summed E-state index contributed by atoms with van der Waals surface area (Å²) in [5, 5.41) is 8.16. The zero-order valence-electron chi connectivity index (χ0n) is 13.6. The van der Waals surface area contributed by atoms with E-state index in [0.29, 0.717) is 6.42 Å². The number of hydrogen-bond donors (Lipinski definition) is 1. The van der Waals surface area contributed by atoms with Crippen molar-refractivity contribution in [2.75, 3.05) is 18.1 Å². The summed E-state index contributed by atoms with van der Waals surface area (Å²) in [7, 11) is -2.93. The minimum Gasteiger partial charge on any atom is -0.313 e. The summed E-state index contributed by atoms with van der Waals surface area (Å²) in [5.41, 5.74) is 3.15. The summed E-state index contributed by atoms with van der Waals surface area (Å²) in [6.07, 6.45) is 2.42. The van der Waals surface area contributed by atoms with Gasteiger partial charge in [0, 0.05) is 17.8 Å². The number of hydrogen-bond acceptors (Lipinski definition) is 4. The van der Waals surface area contributed by atoms with Crippen LogP contribution in [-0.2, 0) is 34.8 Å². The first kappa shape index (κ1) is 16.5. The molecule has 0 amide bonds. The molecule has 1 aromatic heterocycles. The van der Waals surface area contributed by atoms with Crippen LogP contribution in [-0.4, -0.2) is 36.2 Å². The summed E-state index contributed by atoms with van der Waals surface area (Å²) in [4.78, 5) is 0. The highest BCUT2D eigenvalue weighted by atomic mass is 32.2. The maximum absolute atomic E-state index is 11.9. The van der Waals surface area contributed by atoms with Gasteiger partial charge in [0.05, 0.1) is 22.7 Å². The molecule has 0 aliphatic carbocycles. The predicted octanol–water partition coefficient (Wildman–Crippen LogP) is 1.65. The van der Waals surface area contributed by atoms with Crippen molar-refractivity contribution in [3.05, 3.63) is 17.0 Å². The summed E-state index contributed by atoms with van der Waals surface area (Å²) in [5.74, 6) is 0.481. The Bertz CT molecular complexity index is 607. The molecule has 120 valence electrons. The van der Waals surface area contributed by atoms with Crippen molar-refractivity contribution >= 4 is 9.84 Å². The van der Waals surface area contributed by atoms with Gasteiger partial charge in [-0.15, -0.1) is 0 Å². The van der Waals surface area contributed by atoms with Gasteiger partial charge in [0.25, 0.3) is 0 Å². The maximum Gasteiger partial charge on any atom is 0.152 e. The monoisotopic (exact) mass is 313 g/mol. The second-order valence-electron chi connectivity index (χ2n) is 6.11. The van der Waals surface area contributed by atoms with E-state index in [1.165, 1.54) is 11.3 Å². The van der Waals surface area contributed by atoms with Crippen LogP contribution in [0.1, 0.15) is 51.1 Å². The van der Waals surface area contributed by atoms with E-state index >= 15 is 0 Å². The lowest BCUT2D eigenvalue weighted by molar-refractivity contribution is 0.316. The van der Waals surface area contributed by atoms with Crippen molar-refractivity contribution in [1.82, 2.24) is 15.1 Å². The van der Waals surface area contributed by atoms with Gasteiger partial charge in [0.15, 0.2) is 9.84 Å². The number of aryl methyl sites for hydroxylation is 1. The summed E-state index contributed by atoms with van der Waals surface area (Å²) < 4.78 is 25.8. The van der Waals surface area contributed by atoms with Crippen molar-refractivity contribution in [3.63, 3.8) is 0 Å². The van der Waals surface area contributed by atoms with Gasteiger partial charge >= 0.3 is 0 Å². The second kappa shape index (κ2) is 6.08. The van der Waals surface area contributed by atoms with Crippen molar-refractivity contribution in [2.24, 2.45) is 0 Å². The van der Waals surface area contributed by atoms with Crippen LogP contribution in [0.3, 0.4) is 0 Å². The Morgan fingerprint density at radius 1 is 1.29 bits per heavy atom. The SMILES string of the molecule is CCNCc1c(CC)nn(C2(C)CCS(=O)(=O)C2)c1CC. The Balaban J connectivity index is 2.46. The van der Waals surface area contributed by atoms with E-state index in [4.69, 9.17) is 5.10 Å². The molecule has 1 aliphatic rings. The lowest BCUT2D eigenvalue weighted by Gasteiger charge is -2.25. The maximum atomic E-state index is 11.9. The van der Waals surface area contributed by atoms with E-state index in [0.717, 1.165) is 31.6 Å². The number of aromatic nitrogens is 2. The largest absolute Gasteiger partial charge is 0.313 e. The van der Waals surface area contributed by atoms with E-state index < -0.39 is 15.4 Å². The minimum atomic E-state index is -2.93. The third-order valence-corrected chi connectivity index (χ3v) is 6.28. The molecule has 1 aromatic rings. The molecule has 1 atom stereocenters. The Labute approximate surface area is 128 Å². The third-order valence-electron chi connectivity index (χ3n) is 4.39. The van der Waals surface area contributed by atoms with E-state index in [2.05, 4.69) is 26.1 Å². The first-order valence-electron chi connectivity index (χ1n) is 7.88. The highest BCUT2D eigenvalue weighted by molar-refractivity contribution is 7.91. The Kier molecular flexibility index (Phi) is 4.78. The highest BCUT2D eigenvalue weighted by Gasteiger charge is 2.42. The summed E-state index contributed by atoms with van der Waals surface area (Å²) in [6, 6.07) is 0. The number of rotatable bonds is 6. The fourth-order valence-corrected chi connectivity index (χ4v) is 5.35. The van der Waals surface area contributed by atoms with Crippen molar-refractivity contribution in [3.8, 4) is 0 Å². The first-order chi connectivity index (χ1) is 9.87. The molecule has 0 radical (unpaired) electrons. The molecule has 1 unspecified atom stereocenters. The van der Waals surface area contributed by atoms with Crippen LogP contribution in [0.25, 0.3) is 0 Å². The van der Waals surface area contributed by atoms with Gasteiger partial charge < -0.3 is 5.32 Å².